The van der Waals surface area contributed by atoms with Crippen LogP contribution in [0.3, 0.4) is 0 Å². The van der Waals surface area contributed by atoms with Gasteiger partial charge in [-0.05, 0) is 26.0 Å². The van der Waals surface area contributed by atoms with E-state index in [9.17, 15) is 9.59 Å². The second-order valence-electron chi connectivity index (χ2n) is 3.99. The van der Waals surface area contributed by atoms with Crippen molar-refractivity contribution >= 4 is 12.0 Å². The van der Waals surface area contributed by atoms with Gasteiger partial charge in [-0.25, -0.2) is 4.79 Å². The summed E-state index contributed by atoms with van der Waals surface area (Å²) in [5.41, 5.74) is 0.616. The Labute approximate surface area is 105 Å². The maximum atomic E-state index is 11.8. The first kappa shape index (κ1) is 13.9. The molecular weight excluding hydrogens is 236 g/mol. The number of nitrogens with one attached hydrogen (secondary N) is 1. The molecule has 7 heteroatoms. The number of carboxylic acids is 1. The van der Waals surface area contributed by atoms with Crippen molar-refractivity contribution in [3.8, 4) is 0 Å². The van der Waals surface area contributed by atoms with Crippen LogP contribution in [0.15, 0.2) is 18.3 Å². The maximum Gasteiger partial charge on any atom is 0.323 e. The Balaban J connectivity index is 2.54. The highest BCUT2D eigenvalue weighted by Crippen LogP contribution is 1.99. The summed E-state index contributed by atoms with van der Waals surface area (Å²) in [4.78, 5) is 23.7. The van der Waals surface area contributed by atoms with Gasteiger partial charge in [0.25, 0.3) is 0 Å². The average Bonchev–Trinajstić information content (AvgIpc) is 2.34. The van der Waals surface area contributed by atoms with Crippen LogP contribution in [0.1, 0.15) is 19.5 Å². The molecular formula is C11H16N4O3. The first-order valence-corrected chi connectivity index (χ1v) is 5.53. The molecule has 0 fully saturated rings. The summed E-state index contributed by atoms with van der Waals surface area (Å²) in [5, 5.41) is 18.8. The number of rotatable bonds is 5. The topological polar surface area (TPSA) is 95.4 Å². The van der Waals surface area contributed by atoms with E-state index >= 15 is 0 Å². The Kier molecular flexibility index (Phi) is 5.04. The number of hydrogen-bond donors (Lipinski definition) is 2. The predicted octanol–water partition coefficient (Wildman–Crippen LogP) is 0.481. The Hall–Kier alpha value is -2.18. The molecule has 0 aliphatic carbocycles. The molecule has 0 aromatic carbocycles. The van der Waals surface area contributed by atoms with Gasteiger partial charge in [-0.2, -0.15) is 10.2 Å². The molecule has 1 aromatic heterocycles. The van der Waals surface area contributed by atoms with Gasteiger partial charge in [-0.3, -0.25) is 4.79 Å². The van der Waals surface area contributed by atoms with Crippen LogP contribution >= 0.6 is 0 Å². The van der Waals surface area contributed by atoms with Gasteiger partial charge < -0.3 is 15.3 Å². The Morgan fingerprint density at radius 2 is 2.22 bits per heavy atom. The molecule has 98 valence electrons. The lowest BCUT2D eigenvalue weighted by atomic mass is 10.3. The molecule has 0 saturated heterocycles. The predicted molar refractivity (Wildman–Crippen MR) is 63.7 cm³/mol. The molecule has 1 heterocycles. The fraction of sp³-hybridized carbons (Fsp3) is 0.455. The average molecular weight is 252 g/mol. The highest BCUT2D eigenvalue weighted by Gasteiger charge is 2.19. The first-order valence-electron chi connectivity index (χ1n) is 5.53. The minimum atomic E-state index is -1.04. The van der Waals surface area contributed by atoms with E-state index in [4.69, 9.17) is 5.11 Å². The molecule has 0 atom stereocenters. The van der Waals surface area contributed by atoms with Gasteiger partial charge in [0.2, 0.25) is 0 Å². The molecule has 2 N–H and O–H groups in total. The fourth-order valence-corrected chi connectivity index (χ4v) is 1.33. The van der Waals surface area contributed by atoms with Gasteiger partial charge in [0.05, 0.1) is 12.2 Å². The summed E-state index contributed by atoms with van der Waals surface area (Å²) >= 11 is 0. The zero-order valence-electron chi connectivity index (χ0n) is 10.3. The lowest BCUT2D eigenvalue weighted by molar-refractivity contribution is -0.138. The van der Waals surface area contributed by atoms with E-state index in [0.717, 1.165) is 0 Å². The van der Waals surface area contributed by atoms with Crippen molar-refractivity contribution in [1.29, 1.82) is 0 Å². The Bertz CT molecular complexity index is 408. The van der Waals surface area contributed by atoms with E-state index in [1.54, 1.807) is 26.0 Å². The third kappa shape index (κ3) is 4.36. The van der Waals surface area contributed by atoms with Crippen LogP contribution in [0.2, 0.25) is 0 Å². The third-order valence-corrected chi connectivity index (χ3v) is 2.24. The molecule has 7 nitrogen and oxygen atoms in total. The van der Waals surface area contributed by atoms with E-state index in [1.165, 1.54) is 11.1 Å². The fourth-order valence-electron chi connectivity index (χ4n) is 1.33. The van der Waals surface area contributed by atoms with Gasteiger partial charge in [0, 0.05) is 12.2 Å². The smallest absolute Gasteiger partial charge is 0.323 e. The number of carboxylic acid groups (broad SMARTS) is 1. The number of nitrogens with zero attached hydrogens (tertiary/aromatic N) is 3. The summed E-state index contributed by atoms with van der Waals surface area (Å²) in [6.07, 6.45) is 1.54. The molecule has 0 aliphatic heterocycles. The quantitative estimate of drug-likeness (QED) is 0.794. The van der Waals surface area contributed by atoms with E-state index in [0.29, 0.717) is 5.69 Å². The van der Waals surface area contributed by atoms with Crippen LogP contribution in [0.5, 0.6) is 0 Å². The number of carbonyl (C=O) groups is 2. The molecule has 18 heavy (non-hydrogen) atoms. The summed E-state index contributed by atoms with van der Waals surface area (Å²) in [7, 11) is 0. The highest BCUT2D eigenvalue weighted by molar-refractivity contribution is 5.80. The number of urea groups is 1. The molecule has 0 radical (unpaired) electrons. The number of amides is 2. The summed E-state index contributed by atoms with van der Waals surface area (Å²) < 4.78 is 0. The van der Waals surface area contributed by atoms with Crippen molar-refractivity contribution in [3.63, 3.8) is 0 Å². The molecule has 0 aliphatic rings. The van der Waals surface area contributed by atoms with Crippen LogP contribution in [-0.4, -0.2) is 44.8 Å². The molecule has 1 rings (SSSR count). The molecule has 0 bridgehead atoms. The van der Waals surface area contributed by atoms with E-state index in [-0.39, 0.29) is 19.1 Å². The molecule has 0 unspecified atom stereocenters. The zero-order valence-corrected chi connectivity index (χ0v) is 10.3. The van der Waals surface area contributed by atoms with Crippen LogP contribution in [-0.2, 0) is 11.3 Å². The second kappa shape index (κ2) is 6.53. The van der Waals surface area contributed by atoms with E-state index in [1.807, 2.05) is 0 Å². The van der Waals surface area contributed by atoms with Gasteiger partial charge in [0.15, 0.2) is 0 Å². The van der Waals surface area contributed by atoms with Gasteiger partial charge in [-0.15, -0.1) is 0 Å². The zero-order chi connectivity index (χ0) is 13.5. The number of aromatic nitrogens is 2. The normalized spacial score (nSPS) is 10.2. The SMILES string of the molecule is CC(C)N(CC(=O)O)C(=O)NCc1cccnn1. The second-order valence-corrected chi connectivity index (χ2v) is 3.99. The summed E-state index contributed by atoms with van der Waals surface area (Å²) in [6, 6.07) is 2.82. The van der Waals surface area contributed by atoms with Crippen LogP contribution in [0.25, 0.3) is 0 Å². The van der Waals surface area contributed by atoms with Crippen LogP contribution < -0.4 is 5.32 Å². The number of carbonyl (C=O) groups excluding carboxylic acids is 1. The number of hydrogen-bond acceptors (Lipinski definition) is 4. The van der Waals surface area contributed by atoms with Crippen molar-refractivity contribution in [2.24, 2.45) is 0 Å². The molecule has 0 saturated carbocycles. The monoisotopic (exact) mass is 252 g/mol. The first-order chi connectivity index (χ1) is 8.50. The van der Waals surface area contributed by atoms with Crippen molar-refractivity contribution < 1.29 is 14.7 Å². The van der Waals surface area contributed by atoms with Gasteiger partial charge in [-0.1, -0.05) is 0 Å². The molecule has 2 amide bonds. The molecule has 0 spiro atoms. The van der Waals surface area contributed by atoms with E-state index in [2.05, 4.69) is 15.5 Å². The standard InChI is InChI=1S/C11H16N4O3/c1-8(2)15(7-10(16)17)11(18)12-6-9-4-3-5-13-14-9/h3-5,8H,6-7H2,1-2H3,(H,12,18)(H,16,17). The Morgan fingerprint density at radius 1 is 1.50 bits per heavy atom. The minimum absolute atomic E-state index is 0.192. The van der Waals surface area contributed by atoms with Crippen LogP contribution in [0.4, 0.5) is 4.79 Å². The number of aliphatic carboxylic acids is 1. The maximum absolute atomic E-state index is 11.8. The van der Waals surface area contributed by atoms with Crippen molar-refractivity contribution in [1.82, 2.24) is 20.4 Å². The van der Waals surface area contributed by atoms with Crippen molar-refractivity contribution in [2.45, 2.75) is 26.4 Å². The van der Waals surface area contributed by atoms with Crippen LogP contribution in [0, 0.1) is 0 Å². The minimum Gasteiger partial charge on any atom is -0.480 e. The van der Waals surface area contributed by atoms with E-state index < -0.39 is 12.0 Å². The largest absolute Gasteiger partial charge is 0.480 e. The lowest BCUT2D eigenvalue weighted by Gasteiger charge is -2.24. The highest BCUT2D eigenvalue weighted by atomic mass is 16.4. The molecule has 1 aromatic rings. The van der Waals surface area contributed by atoms with Gasteiger partial charge in [0.1, 0.15) is 6.54 Å². The van der Waals surface area contributed by atoms with Gasteiger partial charge >= 0.3 is 12.0 Å². The van der Waals surface area contributed by atoms with Crippen molar-refractivity contribution in [3.05, 3.63) is 24.0 Å². The third-order valence-electron chi connectivity index (χ3n) is 2.24. The Morgan fingerprint density at radius 3 is 2.72 bits per heavy atom. The summed E-state index contributed by atoms with van der Waals surface area (Å²) in [6.45, 7) is 3.40. The lowest BCUT2D eigenvalue weighted by Crippen LogP contribution is -2.46. The summed E-state index contributed by atoms with van der Waals surface area (Å²) in [5.74, 6) is -1.04. The van der Waals surface area contributed by atoms with Crippen molar-refractivity contribution in [2.75, 3.05) is 6.54 Å².